The Bertz CT molecular complexity index is 560. The molecule has 0 saturated carbocycles. The Kier molecular flexibility index (Phi) is 7.22. The van der Waals surface area contributed by atoms with Gasteiger partial charge in [0.2, 0.25) is 5.91 Å². The van der Waals surface area contributed by atoms with E-state index in [-0.39, 0.29) is 11.9 Å². The van der Waals surface area contributed by atoms with Crippen molar-refractivity contribution in [3.8, 4) is 11.5 Å². The molecule has 1 aromatic rings. The first-order valence-electron chi connectivity index (χ1n) is 8.90. The summed E-state index contributed by atoms with van der Waals surface area (Å²) in [6.45, 7) is 8.30. The fraction of sp³-hybridized carbons (Fsp3) is 0.632. The molecule has 0 saturated heterocycles. The lowest BCUT2D eigenvalue weighted by atomic mass is 10.1. The second kappa shape index (κ2) is 9.16. The molecule has 24 heavy (non-hydrogen) atoms. The summed E-state index contributed by atoms with van der Waals surface area (Å²) in [7, 11) is 0. The van der Waals surface area contributed by atoms with E-state index in [9.17, 15) is 4.79 Å². The fourth-order valence-corrected chi connectivity index (χ4v) is 3.15. The molecule has 4 nitrogen and oxygen atoms in total. The minimum Gasteiger partial charge on any atom is -0.489 e. The van der Waals surface area contributed by atoms with Crippen molar-refractivity contribution in [3.05, 3.63) is 22.7 Å². The Morgan fingerprint density at radius 3 is 2.71 bits per heavy atom. The van der Waals surface area contributed by atoms with Gasteiger partial charge in [0.15, 0.2) is 11.5 Å². The van der Waals surface area contributed by atoms with Crippen LogP contribution in [0.1, 0.15) is 52.0 Å². The predicted octanol–water partition coefficient (Wildman–Crippen LogP) is 4.47. The number of amides is 1. The summed E-state index contributed by atoms with van der Waals surface area (Å²) in [5.41, 5.74) is 0.871. The van der Waals surface area contributed by atoms with E-state index in [4.69, 9.17) is 21.1 Å². The number of nitrogens with zero attached hydrogens (tertiary/aromatic N) is 1. The normalized spacial score (nSPS) is 13.7. The maximum absolute atomic E-state index is 12.7. The number of benzene rings is 1. The lowest BCUT2D eigenvalue weighted by molar-refractivity contribution is -0.132. The highest BCUT2D eigenvalue weighted by Crippen LogP contribution is 2.38. The van der Waals surface area contributed by atoms with E-state index in [0.717, 1.165) is 37.8 Å². The highest BCUT2D eigenvalue weighted by atomic mass is 35.5. The molecule has 1 aliphatic rings. The van der Waals surface area contributed by atoms with Gasteiger partial charge in [0.05, 0.1) is 24.7 Å². The van der Waals surface area contributed by atoms with Gasteiger partial charge in [0, 0.05) is 19.0 Å². The SMILES string of the molecule is CCCCCN(C(=O)Cc1cc(Cl)c2c(c1)OCCCO2)C(C)C. The first-order valence-corrected chi connectivity index (χ1v) is 9.28. The van der Waals surface area contributed by atoms with Crippen molar-refractivity contribution in [2.24, 2.45) is 0 Å². The van der Waals surface area contributed by atoms with Crippen molar-refractivity contribution in [1.82, 2.24) is 4.90 Å². The zero-order chi connectivity index (χ0) is 17.5. The number of rotatable bonds is 7. The summed E-state index contributed by atoms with van der Waals surface area (Å²) in [6.07, 6.45) is 4.51. The second-order valence-electron chi connectivity index (χ2n) is 6.52. The van der Waals surface area contributed by atoms with Crippen LogP contribution >= 0.6 is 11.6 Å². The molecule has 134 valence electrons. The molecule has 1 aliphatic heterocycles. The summed E-state index contributed by atoms with van der Waals surface area (Å²) in [5.74, 6) is 1.37. The number of fused-ring (bicyclic) bond motifs is 1. The molecule has 1 aromatic carbocycles. The van der Waals surface area contributed by atoms with Crippen LogP contribution in [-0.4, -0.2) is 36.6 Å². The quantitative estimate of drug-likeness (QED) is 0.679. The minimum atomic E-state index is 0.131. The van der Waals surface area contributed by atoms with E-state index in [0.29, 0.717) is 36.2 Å². The first kappa shape index (κ1) is 18.9. The number of ether oxygens (including phenoxy) is 2. The molecule has 0 atom stereocenters. The van der Waals surface area contributed by atoms with Gasteiger partial charge in [0.1, 0.15) is 0 Å². The largest absolute Gasteiger partial charge is 0.489 e. The molecule has 0 bridgehead atoms. The number of halogens is 1. The molecular formula is C19H28ClNO3. The van der Waals surface area contributed by atoms with Crippen LogP contribution in [0, 0.1) is 0 Å². The van der Waals surface area contributed by atoms with Crippen molar-refractivity contribution in [3.63, 3.8) is 0 Å². The average Bonchev–Trinajstić information content (AvgIpc) is 2.76. The molecule has 1 amide bonds. The Labute approximate surface area is 150 Å². The van der Waals surface area contributed by atoms with E-state index in [1.54, 1.807) is 0 Å². The van der Waals surface area contributed by atoms with Gasteiger partial charge in [0.25, 0.3) is 0 Å². The number of unbranched alkanes of at least 4 members (excludes halogenated alkanes) is 2. The first-order chi connectivity index (χ1) is 11.5. The maximum atomic E-state index is 12.7. The topological polar surface area (TPSA) is 38.8 Å². The Morgan fingerprint density at radius 1 is 1.25 bits per heavy atom. The third kappa shape index (κ3) is 5.04. The van der Waals surface area contributed by atoms with Crippen LogP contribution in [0.15, 0.2) is 12.1 Å². The molecule has 0 aliphatic carbocycles. The molecule has 0 spiro atoms. The molecule has 0 fully saturated rings. The predicted molar refractivity (Wildman–Crippen MR) is 97.1 cm³/mol. The molecular weight excluding hydrogens is 326 g/mol. The third-order valence-electron chi connectivity index (χ3n) is 4.16. The third-order valence-corrected chi connectivity index (χ3v) is 4.44. The van der Waals surface area contributed by atoms with E-state index >= 15 is 0 Å². The minimum absolute atomic E-state index is 0.131. The number of carbonyl (C=O) groups excluding carboxylic acids is 1. The second-order valence-corrected chi connectivity index (χ2v) is 6.93. The standard InChI is InChI=1S/C19H28ClNO3/c1-4-5-6-8-21(14(2)3)18(22)13-15-11-16(20)19-17(12-15)23-9-7-10-24-19/h11-12,14H,4-10,13H2,1-3H3. The molecule has 0 unspecified atom stereocenters. The van der Waals surface area contributed by atoms with Crippen LogP contribution < -0.4 is 9.47 Å². The van der Waals surface area contributed by atoms with Crippen LogP contribution in [0.3, 0.4) is 0 Å². The van der Waals surface area contributed by atoms with Gasteiger partial charge >= 0.3 is 0 Å². The highest BCUT2D eigenvalue weighted by Gasteiger charge is 2.20. The molecule has 0 N–H and O–H groups in total. The Balaban J connectivity index is 2.09. The average molecular weight is 354 g/mol. The van der Waals surface area contributed by atoms with E-state index in [1.165, 1.54) is 0 Å². The van der Waals surface area contributed by atoms with E-state index in [1.807, 2.05) is 17.0 Å². The van der Waals surface area contributed by atoms with Crippen molar-refractivity contribution in [1.29, 1.82) is 0 Å². The van der Waals surface area contributed by atoms with Gasteiger partial charge in [-0.05, 0) is 38.0 Å². The lowest BCUT2D eigenvalue weighted by Gasteiger charge is -2.27. The molecule has 0 aromatic heterocycles. The number of hydrogen-bond donors (Lipinski definition) is 0. The van der Waals surface area contributed by atoms with Gasteiger partial charge in [-0.1, -0.05) is 31.4 Å². The van der Waals surface area contributed by atoms with Gasteiger partial charge in [-0.2, -0.15) is 0 Å². The van der Waals surface area contributed by atoms with Crippen molar-refractivity contribution in [2.45, 2.75) is 58.9 Å². The lowest BCUT2D eigenvalue weighted by Crippen LogP contribution is -2.38. The van der Waals surface area contributed by atoms with Crippen LogP contribution in [0.5, 0.6) is 11.5 Å². The smallest absolute Gasteiger partial charge is 0.227 e. The highest BCUT2D eigenvalue weighted by molar-refractivity contribution is 6.32. The van der Waals surface area contributed by atoms with E-state index < -0.39 is 0 Å². The van der Waals surface area contributed by atoms with E-state index in [2.05, 4.69) is 20.8 Å². The van der Waals surface area contributed by atoms with Crippen molar-refractivity contribution >= 4 is 17.5 Å². The van der Waals surface area contributed by atoms with Gasteiger partial charge in [-0.3, -0.25) is 4.79 Å². The number of hydrogen-bond acceptors (Lipinski definition) is 3. The van der Waals surface area contributed by atoms with Crippen LogP contribution in [0.4, 0.5) is 0 Å². The van der Waals surface area contributed by atoms with Crippen molar-refractivity contribution < 1.29 is 14.3 Å². The fourth-order valence-electron chi connectivity index (χ4n) is 2.87. The van der Waals surface area contributed by atoms with Gasteiger partial charge in [-0.25, -0.2) is 0 Å². The van der Waals surface area contributed by atoms with Gasteiger partial charge < -0.3 is 14.4 Å². The summed E-state index contributed by atoms with van der Waals surface area (Å²) in [5, 5.41) is 0.513. The zero-order valence-corrected chi connectivity index (χ0v) is 15.7. The monoisotopic (exact) mass is 353 g/mol. The Morgan fingerprint density at radius 2 is 2.00 bits per heavy atom. The maximum Gasteiger partial charge on any atom is 0.227 e. The summed E-state index contributed by atoms with van der Waals surface area (Å²) in [6, 6.07) is 3.90. The molecule has 5 heteroatoms. The number of carbonyl (C=O) groups is 1. The zero-order valence-electron chi connectivity index (χ0n) is 14.9. The van der Waals surface area contributed by atoms with Crippen LogP contribution in [-0.2, 0) is 11.2 Å². The van der Waals surface area contributed by atoms with Crippen LogP contribution in [0.2, 0.25) is 5.02 Å². The van der Waals surface area contributed by atoms with Crippen LogP contribution in [0.25, 0.3) is 0 Å². The van der Waals surface area contributed by atoms with Gasteiger partial charge in [-0.15, -0.1) is 0 Å². The summed E-state index contributed by atoms with van der Waals surface area (Å²) < 4.78 is 11.3. The molecule has 1 heterocycles. The summed E-state index contributed by atoms with van der Waals surface area (Å²) in [4.78, 5) is 14.7. The van der Waals surface area contributed by atoms with Crippen molar-refractivity contribution in [2.75, 3.05) is 19.8 Å². The summed E-state index contributed by atoms with van der Waals surface area (Å²) >= 11 is 6.32. The molecule has 0 radical (unpaired) electrons. The Hall–Kier alpha value is -1.42. The molecule has 2 rings (SSSR count).